The first-order valence-corrected chi connectivity index (χ1v) is 11.4. The summed E-state index contributed by atoms with van der Waals surface area (Å²) in [7, 11) is 0. The molecule has 2 aliphatic rings. The lowest BCUT2D eigenvalue weighted by Gasteiger charge is -2.38. The maximum absolute atomic E-state index is 13.4. The number of rotatable bonds is 4. The summed E-state index contributed by atoms with van der Waals surface area (Å²) in [6, 6.07) is 12.7. The molecule has 1 saturated carbocycles. The number of amides is 2. The number of hydrogen-bond acceptors (Lipinski definition) is 6. The highest BCUT2D eigenvalue weighted by Crippen LogP contribution is 2.34. The predicted molar refractivity (Wildman–Crippen MR) is 119 cm³/mol. The SMILES string of the molecule is N#Cc1ccccc1C(=O)N[C@@H]1CCCC[C@H]1N1Cc2ccc(-c3noc(C(F)(F)F)n3)cc2C1=O. The average Bonchev–Trinajstić information content (AvgIpc) is 3.50. The zero-order chi connectivity index (χ0) is 25.4. The Hall–Kier alpha value is -4.20. The highest BCUT2D eigenvalue weighted by molar-refractivity contribution is 6.00. The van der Waals surface area contributed by atoms with Gasteiger partial charge in [0.15, 0.2) is 0 Å². The van der Waals surface area contributed by atoms with Gasteiger partial charge in [-0.3, -0.25) is 9.59 Å². The van der Waals surface area contributed by atoms with Gasteiger partial charge in [-0.2, -0.15) is 23.4 Å². The summed E-state index contributed by atoms with van der Waals surface area (Å²) in [5.41, 5.74) is 1.88. The summed E-state index contributed by atoms with van der Waals surface area (Å²) < 4.78 is 42.8. The number of benzene rings is 2. The third-order valence-corrected chi connectivity index (χ3v) is 6.61. The van der Waals surface area contributed by atoms with Crippen molar-refractivity contribution in [2.75, 3.05) is 0 Å². The van der Waals surface area contributed by atoms with Crippen LogP contribution in [0.4, 0.5) is 13.2 Å². The summed E-state index contributed by atoms with van der Waals surface area (Å²) in [4.78, 5) is 31.4. The molecular formula is C25H20F3N5O3. The van der Waals surface area contributed by atoms with Crippen molar-refractivity contribution in [2.24, 2.45) is 0 Å². The number of nitrogens with zero attached hydrogens (tertiary/aromatic N) is 4. The van der Waals surface area contributed by atoms with Crippen molar-refractivity contribution in [3.63, 3.8) is 0 Å². The number of hydrogen-bond donors (Lipinski definition) is 1. The second-order valence-electron chi connectivity index (χ2n) is 8.82. The Morgan fingerprint density at radius 2 is 1.94 bits per heavy atom. The van der Waals surface area contributed by atoms with Gasteiger partial charge < -0.3 is 14.7 Å². The molecule has 0 unspecified atom stereocenters. The lowest BCUT2D eigenvalue weighted by molar-refractivity contribution is -0.159. The standard InChI is InChI=1S/C25H20F3N5O3/c26-25(27,28)24-31-21(32-36-24)14-9-10-16-13-33(23(35)18(16)11-14)20-8-4-3-7-19(20)30-22(34)17-6-2-1-5-15(17)12-29/h1-2,5-6,9-11,19-20H,3-4,7-8,13H2,(H,30,34)/t19-,20-/m1/s1. The van der Waals surface area contributed by atoms with Gasteiger partial charge in [-0.25, -0.2) is 0 Å². The maximum Gasteiger partial charge on any atom is 0.471 e. The quantitative estimate of drug-likeness (QED) is 0.577. The summed E-state index contributed by atoms with van der Waals surface area (Å²) in [6.45, 7) is 0.320. The number of carbonyl (C=O) groups is 2. The maximum atomic E-state index is 13.4. The molecule has 36 heavy (non-hydrogen) atoms. The molecule has 0 radical (unpaired) electrons. The lowest BCUT2D eigenvalue weighted by atomic mass is 9.88. The minimum Gasteiger partial charge on any atom is -0.347 e. The van der Waals surface area contributed by atoms with Gasteiger partial charge in [0.1, 0.15) is 0 Å². The van der Waals surface area contributed by atoms with Crippen LogP contribution in [0.2, 0.25) is 0 Å². The molecule has 2 amide bonds. The van der Waals surface area contributed by atoms with E-state index < -0.39 is 12.1 Å². The smallest absolute Gasteiger partial charge is 0.347 e. The molecule has 1 aliphatic heterocycles. The van der Waals surface area contributed by atoms with Gasteiger partial charge in [0.2, 0.25) is 5.82 Å². The van der Waals surface area contributed by atoms with Crippen molar-refractivity contribution >= 4 is 11.8 Å². The van der Waals surface area contributed by atoms with Crippen molar-refractivity contribution < 1.29 is 27.3 Å². The van der Waals surface area contributed by atoms with Gasteiger partial charge >= 0.3 is 12.1 Å². The van der Waals surface area contributed by atoms with E-state index >= 15 is 0 Å². The van der Waals surface area contributed by atoms with Crippen LogP contribution < -0.4 is 5.32 Å². The van der Waals surface area contributed by atoms with E-state index in [-0.39, 0.29) is 46.4 Å². The first kappa shape index (κ1) is 23.5. The molecule has 1 aliphatic carbocycles. The molecule has 2 heterocycles. The predicted octanol–water partition coefficient (Wildman–Crippen LogP) is 4.32. The Kier molecular flexibility index (Phi) is 5.96. The molecule has 0 saturated heterocycles. The Balaban J connectivity index is 1.36. The number of carbonyl (C=O) groups excluding carboxylic acids is 2. The number of alkyl halides is 3. The van der Waals surface area contributed by atoms with Crippen LogP contribution in [-0.4, -0.2) is 38.9 Å². The fourth-order valence-corrected chi connectivity index (χ4v) is 4.86. The van der Waals surface area contributed by atoms with Crippen LogP contribution in [0, 0.1) is 11.3 Å². The summed E-state index contributed by atoms with van der Waals surface area (Å²) in [5, 5.41) is 15.7. The van der Waals surface area contributed by atoms with Crippen LogP contribution in [0.15, 0.2) is 47.0 Å². The summed E-state index contributed by atoms with van der Waals surface area (Å²) in [6.07, 6.45) is -1.61. The number of nitriles is 1. The summed E-state index contributed by atoms with van der Waals surface area (Å²) in [5.74, 6) is -2.34. The number of fused-ring (bicyclic) bond motifs is 1. The van der Waals surface area contributed by atoms with Crippen molar-refractivity contribution in [2.45, 2.75) is 50.5 Å². The van der Waals surface area contributed by atoms with Crippen LogP contribution in [0.5, 0.6) is 0 Å². The molecule has 0 bridgehead atoms. The van der Waals surface area contributed by atoms with E-state index in [1.807, 2.05) is 6.07 Å². The molecule has 1 aromatic heterocycles. The second kappa shape index (κ2) is 9.11. The molecule has 5 rings (SSSR count). The zero-order valence-electron chi connectivity index (χ0n) is 18.9. The molecule has 2 atom stereocenters. The van der Waals surface area contributed by atoms with Gasteiger partial charge in [-0.1, -0.05) is 42.3 Å². The van der Waals surface area contributed by atoms with E-state index in [0.29, 0.717) is 24.9 Å². The van der Waals surface area contributed by atoms with E-state index in [4.69, 9.17) is 0 Å². The minimum absolute atomic E-state index is 0.241. The van der Waals surface area contributed by atoms with Crippen LogP contribution in [0.25, 0.3) is 11.4 Å². The van der Waals surface area contributed by atoms with Crippen molar-refractivity contribution in [1.29, 1.82) is 5.26 Å². The number of halogens is 3. The van der Waals surface area contributed by atoms with Gasteiger partial charge in [0.25, 0.3) is 11.8 Å². The van der Waals surface area contributed by atoms with Gasteiger partial charge in [-0.05, 0) is 36.6 Å². The molecule has 1 N–H and O–H groups in total. The van der Waals surface area contributed by atoms with E-state index in [1.54, 1.807) is 41.3 Å². The van der Waals surface area contributed by atoms with E-state index in [0.717, 1.165) is 18.4 Å². The Morgan fingerprint density at radius 1 is 1.17 bits per heavy atom. The highest BCUT2D eigenvalue weighted by atomic mass is 19.4. The molecular weight excluding hydrogens is 475 g/mol. The molecule has 3 aromatic rings. The Morgan fingerprint density at radius 3 is 2.69 bits per heavy atom. The lowest BCUT2D eigenvalue weighted by Crippen LogP contribution is -2.53. The molecule has 1 fully saturated rings. The molecule has 8 nitrogen and oxygen atoms in total. The van der Waals surface area contributed by atoms with Crippen LogP contribution in [-0.2, 0) is 12.7 Å². The number of nitrogens with one attached hydrogen (secondary N) is 1. The third-order valence-electron chi connectivity index (χ3n) is 6.61. The first-order chi connectivity index (χ1) is 17.3. The fraction of sp³-hybridized carbons (Fsp3) is 0.320. The van der Waals surface area contributed by atoms with Crippen LogP contribution in [0.3, 0.4) is 0 Å². The minimum atomic E-state index is -4.76. The fourth-order valence-electron chi connectivity index (χ4n) is 4.86. The first-order valence-electron chi connectivity index (χ1n) is 11.4. The Labute approximate surface area is 203 Å². The highest BCUT2D eigenvalue weighted by Gasteiger charge is 2.40. The normalized spacial score (nSPS) is 19.6. The molecule has 184 valence electrons. The molecule has 11 heteroatoms. The van der Waals surface area contributed by atoms with Gasteiger partial charge in [-0.15, -0.1) is 0 Å². The largest absolute Gasteiger partial charge is 0.471 e. The molecule has 0 spiro atoms. The summed E-state index contributed by atoms with van der Waals surface area (Å²) >= 11 is 0. The van der Waals surface area contributed by atoms with Crippen molar-refractivity contribution in [3.8, 4) is 17.5 Å². The van der Waals surface area contributed by atoms with Crippen LogP contribution >= 0.6 is 0 Å². The van der Waals surface area contributed by atoms with E-state index in [1.165, 1.54) is 6.07 Å². The van der Waals surface area contributed by atoms with Crippen molar-refractivity contribution in [3.05, 3.63) is 70.6 Å². The average molecular weight is 495 g/mol. The van der Waals surface area contributed by atoms with E-state index in [9.17, 15) is 28.0 Å². The number of aromatic nitrogens is 2. The zero-order valence-corrected chi connectivity index (χ0v) is 18.9. The van der Waals surface area contributed by atoms with Gasteiger partial charge in [0.05, 0.1) is 23.2 Å². The molecule has 2 aromatic carbocycles. The van der Waals surface area contributed by atoms with Crippen molar-refractivity contribution in [1.82, 2.24) is 20.4 Å². The van der Waals surface area contributed by atoms with E-state index in [2.05, 4.69) is 20.0 Å². The monoisotopic (exact) mass is 495 g/mol. The third kappa shape index (κ3) is 4.30. The second-order valence-corrected chi connectivity index (χ2v) is 8.82. The topological polar surface area (TPSA) is 112 Å². The Bertz CT molecular complexity index is 1380. The van der Waals surface area contributed by atoms with Crippen LogP contribution in [0.1, 0.15) is 63.4 Å². The van der Waals surface area contributed by atoms with Gasteiger partial charge in [0, 0.05) is 23.7 Å².